The molecular weight excluding hydrogens is 270 g/mol. The summed E-state index contributed by atoms with van der Waals surface area (Å²) >= 11 is 0. The first-order chi connectivity index (χ1) is 10.2. The number of anilines is 1. The van der Waals surface area contributed by atoms with E-state index < -0.39 is 5.97 Å². The number of benzene rings is 2. The zero-order valence-electron chi connectivity index (χ0n) is 11.8. The summed E-state index contributed by atoms with van der Waals surface area (Å²) in [7, 11) is 2.83. The normalized spacial score (nSPS) is 9.81. The van der Waals surface area contributed by atoms with Crippen LogP contribution in [-0.2, 0) is 4.74 Å². The lowest BCUT2D eigenvalue weighted by atomic mass is 10.1. The Morgan fingerprint density at radius 1 is 0.952 bits per heavy atom. The topological polar surface area (TPSA) is 64.6 Å². The molecule has 21 heavy (non-hydrogen) atoms. The monoisotopic (exact) mass is 285 g/mol. The first-order valence-corrected chi connectivity index (χ1v) is 6.28. The zero-order chi connectivity index (χ0) is 15.2. The van der Waals surface area contributed by atoms with Crippen LogP contribution in [0.1, 0.15) is 20.7 Å². The average Bonchev–Trinajstić information content (AvgIpc) is 2.54. The Bertz CT molecular complexity index is 650. The van der Waals surface area contributed by atoms with Gasteiger partial charge in [-0.05, 0) is 36.4 Å². The summed E-state index contributed by atoms with van der Waals surface area (Å²) in [5.41, 5.74) is 1.45. The van der Waals surface area contributed by atoms with E-state index in [-0.39, 0.29) is 5.91 Å². The molecule has 5 heteroatoms. The molecule has 0 saturated heterocycles. The van der Waals surface area contributed by atoms with Gasteiger partial charge in [0.1, 0.15) is 5.75 Å². The van der Waals surface area contributed by atoms with Crippen LogP contribution in [-0.4, -0.2) is 26.1 Å². The van der Waals surface area contributed by atoms with Gasteiger partial charge in [0.25, 0.3) is 5.91 Å². The maximum atomic E-state index is 12.2. The van der Waals surface area contributed by atoms with Crippen molar-refractivity contribution in [2.24, 2.45) is 0 Å². The van der Waals surface area contributed by atoms with Crippen LogP contribution in [0.5, 0.6) is 5.75 Å². The molecule has 0 aliphatic heterocycles. The maximum absolute atomic E-state index is 12.2. The Balaban J connectivity index is 2.14. The Morgan fingerprint density at radius 3 is 2.24 bits per heavy atom. The van der Waals surface area contributed by atoms with Gasteiger partial charge in [0.15, 0.2) is 0 Å². The van der Waals surface area contributed by atoms with Crippen LogP contribution in [0.15, 0.2) is 48.5 Å². The summed E-state index contributed by atoms with van der Waals surface area (Å²) in [5.74, 6) is -0.197. The highest BCUT2D eigenvalue weighted by atomic mass is 16.5. The number of methoxy groups -OCH3 is 2. The quantitative estimate of drug-likeness (QED) is 0.877. The van der Waals surface area contributed by atoms with E-state index in [1.807, 2.05) is 0 Å². The summed E-state index contributed by atoms with van der Waals surface area (Å²) in [4.78, 5) is 23.5. The number of amides is 1. The second-order valence-corrected chi connectivity index (χ2v) is 4.22. The fourth-order valence-electron chi connectivity index (χ4n) is 1.84. The molecule has 0 radical (unpaired) electrons. The van der Waals surface area contributed by atoms with E-state index in [0.29, 0.717) is 22.6 Å². The molecule has 0 spiro atoms. The minimum Gasteiger partial charge on any atom is -0.496 e. The predicted molar refractivity (Wildman–Crippen MR) is 78.7 cm³/mol. The highest BCUT2D eigenvalue weighted by molar-refractivity contribution is 6.06. The van der Waals surface area contributed by atoms with Crippen LogP contribution < -0.4 is 10.1 Å². The summed E-state index contributed by atoms with van der Waals surface area (Å²) in [6, 6.07) is 13.4. The summed E-state index contributed by atoms with van der Waals surface area (Å²) in [6.07, 6.45) is 0. The lowest BCUT2D eigenvalue weighted by Gasteiger charge is -2.09. The van der Waals surface area contributed by atoms with Crippen molar-refractivity contribution < 1.29 is 19.1 Å². The van der Waals surface area contributed by atoms with E-state index >= 15 is 0 Å². The molecule has 1 amide bonds. The minimum atomic E-state index is -0.419. The zero-order valence-corrected chi connectivity index (χ0v) is 11.8. The molecular formula is C16H15NO4. The molecule has 108 valence electrons. The van der Waals surface area contributed by atoms with Crippen LogP contribution in [0.2, 0.25) is 0 Å². The molecule has 0 heterocycles. The smallest absolute Gasteiger partial charge is 0.337 e. The van der Waals surface area contributed by atoms with Crippen molar-refractivity contribution in [3.8, 4) is 5.75 Å². The molecule has 0 aliphatic carbocycles. The Hall–Kier alpha value is -2.82. The van der Waals surface area contributed by atoms with Gasteiger partial charge in [-0.15, -0.1) is 0 Å². The van der Waals surface area contributed by atoms with Crippen molar-refractivity contribution in [2.75, 3.05) is 19.5 Å². The molecule has 0 saturated carbocycles. The van der Waals surface area contributed by atoms with E-state index in [4.69, 9.17) is 4.74 Å². The molecule has 0 aliphatic rings. The second-order valence-electron chi connectivity index (χ2n) is 4.22. The summed E-state index contributed by atoms with van der Waals surface area (Å²) in [6.45, 7) is 0. The van der Waals surface area contributed by atoms with Gasteiger partial charge in [0, 0.05) is 5.69 Å². The molecule has 2 aromatic rings. The number of hydrogen-bond acceptors (Lipinski definition) is 4. The van der Waals surface area contributed by atoms with Crippen molar-refractivity contribution in [1.82, 2.24) is 0 Å². The first-order valence-electron chi connectivity index (χ1n) is 6.28. The van der Waals surface area contributed by atoms with Gasteiger partial charge in [-0.1, -0.05) is 12.1 Å². The highest BCUT2D eigenvalue weighted by Crippen LogP contribution is 2.19. The van der Waals surface area contributed by atoms with Crippen LogP contribution >= 0.6 is 0 Å². The molecule has 0 fully saturated rings. The van der Waals surface area contributed by atoms with Crippen molar-refractivity contribution in [3.63, 3.8) is 0 Å². The molecule has 2 rings (SSSR count). The molecule has 0 bridgehead atoms. The molecule has 0 unspecified atom stereocenters. The van der Waals surface area contributed by atoms with E-state index in [1.54, 1.807) is 48.5 Å². The van der Waals surface area contributed by atoms with Gasteiger partial charge in [0.2, 0.25) is 0 Å². The van der Waals surface area contributed by atoms with Crippen molar-refractivity contribution in [2.45, 2.75) is 0 Å². The standard InChI is InChI=1S/C16H15NO4/c1-20-14-6-4-3-5-13(14)15(18)17-12-9-7-11(8-10-12)16(19)21-2/h3-10H,1-2H3,(H,17,18). The molecule has 1 N–H and O–H groups in total. The highest BCUT2D eigenvalue weighted by Gasteiger charge is 2.12. The Kier molecular flexibility index (Phi) is 4.56. The van der Waals surface area contributed by atoms with Crippen LogP contribution in [0.3, 0.4) is 0 Å². The number of carbonyl (C=O) groups excluding carboxylic acids is 2. The molecule has 0 aromatic heterocycles. The van der Waals surface area contributed by atoms with Gasteiger partial charge < -0.3 is 14.8 Å². The van der Waals surface area contributed by atoms with Crippen molar-refractivity contribution in [3.05, 3.63) is 59.7 Å². The van der Waals surface area contributed by atoms with E-state index in [9.17, 15) is 9.59 Å². The van der Waals surface area contributed by atoms with Gasteiger partial charge in [-0.3, -0.25) is 4.79 Å². The minimum absolute atomic E-state index is 0.279. The van der Waals surface area contributed by atoms with Gasteiger partial charge in [-0.25, -0.2) is 4.79 Å². The number of hydrogen-bond donors (Lipinski definition) is 1. The molecule has 0 atom stereocenters. The number of carbonyl (C=O) groups is 2. The van der Waals surface area contributed by atoms with Gasteiger partial charge >= 0.3 is 5.97 Å². The van der Waals surface area contributed by atoms with Crippen molar-refractivity contribution in [1.29, 1.82) is 0 Å². The van der Waals surface area contributed by atoms with E-state index in [1.165, 1.54) is 14.2 Å². The van der Waals surface area contributed by atoms with Crippen LogP contribution in [0.25, 0.3) is 0 Å². The fourth-order valence-corrected chi connectivity index (χ4v) is 1.84. The number of ether oxygens (including phenoxy) is 2. The molecule has 2 aromatic carbocycles. The van der Waals surface area contributed by atoms with E-state index in [2.05, 4.69) is 10.1 Å². The third-order valence-corrected chi connectivity index (χ3v) is 2.92. The summed E-state index contributed by atoms with van der Waals surface area (Å²) in [5, 5.41) is 2.75. The average molecular weight is 285 g/mol. The van der Waals surface area contributed by atoms with Gasteiger partial charge in [0.05, 0.1) is 25.3 Å². The third-order valence-electron chi connectivity index (χ3n) is 2.92. The summed E-state index contributed by atoms with van der Waals surface area (Å²) < 4.78 is 9.76. The Labute approximate surface area is 122 Å². The lowest BCUT2D eigenvalue weighted by Crippen LogP contribution is -2.13. The number of para-hydroxylation sites is 1. The SMILES string of the molecule is COC(=O)c1ccc(NC(=O)c2ccccc2OC)cc1. The van der Waals surface area contributed by atoms with Crippen LogP contribution in [0, 0.1) is 0 Å². The number of rotatable bonds is 4. The fraction of sp³-hybridized carbons (Fsp3) is 0.125. The van der Waals surface area contributed by atoms with E-state index in [0.717, 1.165) is 0 Å². The third kappa shape index (κ3) is 3.39. The lowest BCUT2D eigenvalue weighted by molar-refractivity contribution is 0.0600. The maximum Gasteiger partial charge on any atom is 0.337 e. The van der Waals surface area contributed by atoms with Crippen molar-refractivity contribution >= 4 is 17.6 Å². The molecule has 5 nitrogen and oxygen atoms in total. The number of esters is 1. The largest absolute Gasteiger partial charge is 0.496 e. The predicted octanol–water partition coefficient (Wildman–Crippen LogP) is 2.73. The van der Waals surface area contributed by atoms with Crippen LogP contribution in [0.4, 0.5) is 5.69 Å². The van der Waals surface area contributed by atoms with Gasteiger partial charge in [-0.2, -0.15) is 0 Å². The first kappa shape index (κ1) is 14.6. The number of nitrogens with one attached hydrogen (secondary N) is 1. The second kappa shape index (κ2) is 6.56. The Morgan fingerprint density at radius 2 is 1.62 bits per heavy atom.